The number of ether oxygens (including phenoxy) is 1. The predicted molar refractivity (Wildman–Crippen MR) is 154 cm³/mol. The van der Waals surface area contributed by atoms with Gasteiger partial charge in [0.1, 0.15) is 23.4 Å². The van der Waals surface area contributed by atoms with E-state index in [1.54, 1.807) is 49.9 Å². The highest BCUT2D eigenvalue weighted by Gasteiger charge is 2.38. The molecule has 0 aromatic heterocycles. The number of unbranched alkanes of at least 4 members (excludes halogenated alkanes) is 4. The van der Waals surface area contributed by atoms with Crippen molar-refractivity contribution < 1.29 is 24.2 Å². The number of phenols is 1. The predicted octanol–water partition coefficient (Wildman–Crippen LogP) is 6.23. The van der Waals surface area contributed by atoms with Crippen LogP contribution < -0.4 is 10.6 Å². The number of aromatic hydroxyl groups is 1. The minimum absolute atomic E-state index is 0.0359. The molecule has 0 saturated heterocycles. The van der Waals surface area contributed by atoms with Gasteiger partial charge in [0.2, 0.25) is 11.8 Å². The van der Waals surface area contributed by atoms with Crippen molar-refractivity contribution in [2.45, 2.75) is 129 Å². The van der Waals surface area contributed by atoms with E-state index in [9.17, 15) is 19.5 Å². The van der Waals surface area contributed by atoms with Crippen molar-refractivity contribution >= 4 is 17.9 Å². The number of hydrogen-bond donors (Lipinski definition) is 3. The summed E-state index contributed by atoms with van der Waals surface area (Å²) < 4.78 is 5.45. The van der Waals surface area contributed by atoms with Crippen LogP contribution in [0.3, 0.4) is 0 Å². The van der Waals surface area contributed by atoms with E-state index in [4.69, 9.17) is 4.74 Å². The average molecular weight is 546 g/mol. The van der Waals surface area contributed by atoms with Crippen molar-refractivity contribution in [1.29, 1.82) is 0 Å². The quantitative estimate of drug-likeness (QED) is 0.255. The molecule has 1 aromatic carbocycles. The van der Waals surface area contributed by atoms with E-state index in [1.165, 1.54) is 0 Å². The Morgan fingerprint density at radius 1 is 1.03 bits per heavy atom. The van der Waals surface area contributed by atoms with Crippen LogP contribution in [-0.4, -0.2) is 52.1 Å². The van der Waals surface area contributed by atoms with Crippen molar-refractivity contribution in [1.82, 2.24) is 15.5 Å². The zero-order valence-corrected chi connectivity index (χ0v) is 24.9. The number of rotatable bonds is 13. The van der Waals surface area contributed by atoms with Crippen LogP contribution in [0, 0.1) is 5.92 Å². The molecule has 2 unspecified atom stereocenters. The molecule has 0 bridgehead atoms. The molecule has 0 aliphatic heterocycles. The van der Waals surface area contributed by atoms with Crippen LogP contribution in [0.4, 0.5) is 4.79 Å². The summed E-state index contributed by atoms with van der Waals surface area (Å²) in [5.74, 6) is -0.950. The summed E-state index contributed by atoms with van der Waals surface area (Å²) in [6.07, 6.45) is 9.27. The molecule has 1 aliphatic rings. The van der Waals surface area contributed by atoms with Crippen LogP contribution >= 0.6 is 0 Å². The molecular formula is C31H51N3O5. The number of amides is 3. The van der Waals surface area contributed by atoms with Gasteiger partial charge in [0.15, 0.2) is 0 Å². The molecule has 1 aliphatic carbocycles. The number of phenolic OH excluding ortho intramolecular Hbond substituents is 1. The molecule has 1 aromatic rings. The molecular weight excluding hydrogens is 494 g/mol. The molecule has 0 radical (unpaired) electrons. The maximum atomic E-state index is 14.2. The Labute approximate surface area is 235 Å². The molecule has 2 rings (SSSR count). The van der Waals surface area contributed by atoms with E-state index >= 15 is 0 Å². The Balaban J connectivity index is 2.44. The highest BCUT2D eigenvalue weighted by molar-refractivity contribution is 5.92. The van der Waals surface area contributed by atoms with Crippen LogP contribution in [0.15, 0.2) is 24.3 Å². The Morgan fingerprint density at radius 2 is 1.67 bits per heavy atom. The number of nitrogens with one attached hydrogen (secondary N) is 2. The molecule has 0 spiro atoms. The second kappa shape index (κ2) is 15.7. The number of benzene rings is 1. The van der Waals surface area contributed by atoms with Crippen molar-refractivity contribution in [3.05, 3.63) is 29.8 Å². The molecule has 220 valence electrons. The largest absolute Gasteiger partial charge is 0.508 e. The number of para-hydroxylation sites is 1. The van der Waals surface area contributed by atoms with E-state index in [0.29, 0.717) is 18.5 Å². The van der Waals surface area contributed by atoms with Gasteiger partial charge in [-0.05, 0) is 52.0 Å². The molecule has 2 atom stereocenters. The summed E-state index contributed by atoms with van der Waals surface area (Å²) in [7, 11) is 0. The van der Waals surface area contributed by atoms with Crippen molar-refractivity contribution in [3.8, 4) is 5.75 Å². The van der Waals surface area contributed by atoms with Crippen LogP contribution in [0.1, 0.15) is 117 Å². The van der Waals surface area contributed by atoms with Crippen LogP contribution in [-0.2, 0) is 14.3 Å². The van der Waals surface area contributed by atoms with Crippen LogP contribution in [0.2, 0.25) is 0 Å². The summed E-state index contributed by atoms with van der Waals surface area (Å²) in [5, 5.41) is 16.8. The number of hydrogen-bond acceptors (Lipinski definition) is 5. The minimum atomic E-state index is -1.02. The standard InChI is InChI=1S/C31H51N3O5/c1-7-8-9-10-16-21-34(29(37)26(22(2)3)33-30(38)39-31(4,5)6)27(24-19-14-15-20-25(24)35)28(36)32-23-17-12-11-13-18-23/h14-15,19-20,22-23,26-27,35H,7-13,16-18,21H2,1-6H3,(H,32,36)(H,33,38). The summed E-state index contributed by atoms with van der Waals surface area (Å²) in [4.78, 5) is 42.4. The fraction of sp³-hybridized carbons (Fsp3) is 0.710. The zero-order chi connectivity index (χ0) is 29.0. The fourth-order valence-corrected chi connectivity index (χ4v) is 5.08. The lowest BCUT2D eigenvalue weighted by Gasteiger charge is -2.36. The molecule has 8 heteroatoms. The first-order valence-corrected chi connectivity index (χ1v) is 14.8. The Bertz CT molecular complexity index is 921. The van der Waals surface area contributed by atoms with Gasteiger partial charge in [-0.25, -0.2) is 4.79 Å². The topological polar surface area (TPSA) is 108 Å². The first-order chi connectivity index (χ1) is 18.4. The molecule has 1 saturated carbocycles. The Kier molecular flexibility index (Phi) is 13.1. The van der Waals surface area contributed by atoms with Crippen molar-refractivity contribution in [2.24, 2.45) is 5.92 Å². The van der Waals surface area contributed by atoms with Crippen LogP contribution in [0.25, 0.3) is 0 Å². The third-order valence-electron chi connectivity index (χ3n) is 7.13. The summed E-state index contributed by atoms with van der Waals surface area (Å²) in [6.45, 7) is 11.5. The zero-order valence-electron chi connectivity index (χ0n) is 24.9. The van der Waals surface area contributed by atoms with Crippen molar-refractivity contribution in [2.75, 3.05) is 6.54 Å². The van der Waals surface area contributed by atoms with Gasteiger partial charge in [-0.3, -0.25) is 9.59 Å². The van der Waals surface area contributed by atoms with Crippen LogP contribution in [0.5, 0.6) is 5.75 Å². The third kappa shape index (κ3) is 10.7. The fourth-order valence-electron chi connectivity index (χ4n) is 5.08. The summed E-state index contributed by atoms with van der Waals surface area (Å²) >= 11 is 0. The molecule has 1 fully saturated rings. The van der Waals surface area contributed by atoms with Gasteiger partial charge < -0.3 is 25.4 Å². The first-order valence-electron chi connectivity index (χ1n) is 14.8. The van der Waals surface area contributed by atoms with Gasteiger partial charge in [-0.1, -0.05) is 83.9 Å². The van der Waals surface area contributed by atoms with Gasteiger partial charge in [-0.2, -0.15) is 0 Å². The molecule has 8 nitrogen and oxygen atoms in total. The maximum absolute atomic E-state index is 14.2. The van der Waals surface area contributed by atoms with Gasteiger partial charge in [0.05, 0.1) is 0 Å². The average Bonchev–Trinajstić information content (AvgIpc) is 2.86. The molecule has 3 amide bonds. The smallest absolute Gasteiger partial charge is 0.408 e. The summed E-state index contributed by atoms with van der Waals surface area (Å²) in [6, 6.07) is 4.83. The highest BCUT2D eigenvalue weighted by atomic mass is 16.6. The summed E-state index contributed by atoms with van der Waals surface area (Å²) in [5.41, 5.74) is -0.334. The van der Waals surface area contributed by atoms with E-state index < -0.39 is 23.8 Å². The Morgan fingerprint density at radius 3 is 2.26 bits per heavy atom. The lowest BCUT2D eigenvalue weighted by molar-refractivity contribution is -0.143. The van der Waals surface area contributed by atoms with Gasteiger partial charge in [-0.15, -0.1) is 0 Å². The van der Waals surface area contributed by atoms with Crippen molar-refractivity contribution in [3.63, 3.8) is 0 Å². The lowest BCUT2D eigenvalue weighted by atomic mass is 9.94. The molecule has 3 N–H and O–H groups in total. The minimum Gasteiger partial charge on any atom is -0.508 e. The number of carbonyl (C=O) groups excluding carboxylic acids is 3. The van der Waals surface area contributed by atoms with Gasteiger partial charge >= 0.3 is 6.09 Å². The number of alkyl carbamates (subject to hydrolysis) is 1. The SMILES string of the molecule is CCCCCCCN(C(=O)C(NC(=O)OC(C)(C)C)C(C)C)C(C(=O)NC1CCCCC1)c1ccccc1O. The van der Waals surface area contributed by atoms with E-state index in [0.717, 1.165) is 57.8 Å². The molecule has 39 heavy (non-hydrogen) atoms. The first kappa shape index (κ1) is 32.4. The monoisotopic (exact) mass is 545 g/mol. The maximum Gasteiger partial charge on any atom is 0.408 e. The van der Waals surface area contributed by atoms with E-state index in [1.807, 2.05) is 13.8 Å². The van der Waals surface area contributed by atoms with Gasteiger partial charge in [0, 0.05) is 18.2 Å². The second-order valence-corrected chi connectivity index (χ2v) is 12.1. The second-order valence-electron chi connectivity index (χ2n) is 12.1. The number of nitrogens with zero attached hydrogens (tertiary/aromatic N) is 1. The Hall–Kier alpha value is -2.77. The highest BCUT2D eigenvalue weighted by Crippen LogP contribution is 2.31. The lowest BCUT2D eigenvalue weighted by Crippen LogP contribution is -2.55. The molecule has 0 heterocycles. The van der Waals surface area contributed by atoms with Gasteiger partial charge in [0.25, 0.3) is 0 Å². The van der Waals surface area contributed by atoms with E-state index in [-0.39, 0.29) is 29.5 Å². The van der Waals surface area contributed by atoms with E-state index in [2.05, 4.69) is 17.6 Å². The normalized spacial score (nSPS) is 15.9. The number of carbonyl (C=O) groups is 3. The third-order valence-corrected chi connectivity index (χ3v) is 7.13.